The number of hydrogen-bond donors (Lipinski definition) is 1. The number of amides is 2. The summed E-state index contributed by atoms with van der Waals surface area (Å²) in [5, 5.41) is 3.12. The van der Waals surface area contributed by atoms with Crippen LogP contribution >= 0.6 is 0 Å². The van der Waals surface area contributed by atoms with Gasteiger partial charge in [-0.3, -0.25) is 9.59 Å². The van der Waals surface area contributed by atoms with Crippen LogP contribution in [-0.4, -0.2) is 31.6 Å². The molecule has 0 aliphatic carbocycles. The lowest BCUT2D eigenvalue weighted by Gasteiger charge is -2.17. The van der Waals surface area contributed by atoms with Crippen LogP contribution < -0.4 is 19.7 Å². The number of hydrogen-bond acceptors (Lipinski definition) is 5. The minimum atomic E-state index is -0.586. The highest BCUT2D eigenvalue weighted by atomic mass is 16.5. The third-order valence-corrected chi connectivity index (χ3v) is 3.96. The maximum atomic E-state index is 12.7. The number of benzene rings is 2. The fourth-order valence-corrected chi connectivity index (χ4v) is 2.78. The zero-order valence-electron chi connectivity index (χ0n) is 14.2. The molecule has 25 heavy (non-hydrogen) atoms. The smallest absolute Gasteiger partial charge is 0.256 e. The highest BCUT2D eigenvalue weighted by Gasteiger charge is 2.39. The number of ether oxygens (including phenoxy) is 2. The number of nitrogens with one attached hydrogen (secondary N) is 1. The molecule has 0 radical (unpaired) electrons. The first-order chi connectivity index (χ1) is 12.1. The summed E-state index contributed by atoms with van der Waals surface area (Å²) < 4.78 is 10.6. The van der Waals surface area contributed by atoms with E-state index in [1.165, 1.54) is 4.90 Å². The first-order valence-electron chi connectivity index (χ1n) is 8.12. The van der Waals surface area contributed by atoms with Crippen LogP contribution in [0.2, 0.25) is 0 Å². The van der Waals surface area contributed by atoms with Crippen molar-refractivity contribution in [2.45, 2.75) is 19.4 Å². The van der Waals surface area contributed by atoms with Crippen molar-refractivity contribution >= 4 is 23.2 Å². The van der Waals surface area contributed by atoms with Crippen LogP contribution in [0.5, 0.6) is 11.5 Å². The number of rotatable bonds is 6. The lowest BCUT2D eigenvalue weighted by molar-refractivity contribution is -0.121. The quantitative estimate of drug-likeness (QED) is 0.819. The summed E-state index contributed by atoms with van der Waals surface area (Å²) in [5.41, 5.74) is 1.28. The number of methoxy groups -OCH3 is 1. The van der Waals surface area contributed by atoms with Gasteiger partial charge in [-0.15, -0.1) is 0 Å². The molecule has 1 aliphatic rings. The van der Waals surface area contributed by atoms with E-state index in [9.17, 15) is 9.59 Å². The Hall–Kier alpha value is -3.02. The van der Waals surface area contributed by atoms with Crippen molar-refractivity contribution < 1.29 is 19.1 Å². The first kappa shape index (κ1) is 16.8. The Morgan fingerprint density at radius 2 is 1.88 bits per heavy atom. The summed E-state index contributed by atoms with van der Waals surface area (Å²) in [7, 11) is 1.54. The van der Waals surface area contributed by atoms with E-state index in [0.29, 0.717) is 18.0 Å². The second kappa shape index (κ2) is 7.25. The van der Waals surface area contributed by atoms with Crippen LogP contribution in [0.1, 0.15) is 13.3 Å². The fraction of sp³-hybridized carbons (Fsp3) is 0.263. The van der Waals surface area contributed by atoms with Gasteiger partial charge in [-0.25, -0.2) is 4.90 Å². The lowest BCUT2D eigenvalue weighted by Crippen LogP contribution is -2.34. The Bertz CT molecular complexity index is 773. The van der Waals surface area contributed by atoms with Crippen molar-refractivity contribution in [1.29, 1.82) is 0 Å². The highest BCUT2D eigenvalue weighted by Crippen LogP contribution is 2.28. The molecule has 1 N–H and O–H groups in total. The van der Waals surface area contributed by atoms with Gasteiger partial charge in [0, 0.05) is 11.8 Å². The van der Waals surface area contributed by atoms with Crippen molar-refractivity contribution in [3.8, 4) is 11.5 Å². The summed E-state index contributed by atoms with van der Waals surface area (Å²) in [6.07, 6.45) is 0.114. The largest absolute Gasteiger partial charge is 0.497 e. The maximum absolute atomic E-state index is 12.7. The van der Waals surface area contributed by atoms with Gasteiger partial charge in [-0.1, -0.05) is 6.07 Å². The highest BCUT2D eigenvalue weighted by molar-refractivity contribution is 6.23. The van der Waals surface area contributed by atoms with Crippen LogP contribution in [0.15, 0.2) is 48.5 Å². The van der Waals surface area contributed by atoms with E-state index in [1.807, 2.05) is 31.2 Å². The molecule has 0 spiro atoms. The molecular weight excluding hydrogens is 320 g/mol. The topological polar surface area (TPSA) is 67.9 Å². The second-order valence-corrected chi connectivity index (χ2v) is 5.63. The van der Waals surface area contributed by atoms with E-state index in [0.717, 1.165) is 11.4 Å². The van der Waals surface area contributed by atoms with Crippen LogP contribution in [-0.2, 0) is 9.59 Å². The van der Waals surface area contributed by atoms with Crippen molar-refractivity contribution in [3.63, 3.8) is 0 Å². The molecule has 1 heterocycles. The van der Waals surface area contributed by atoms with Gasteiger partial charge in [-0.2, -0.15) is 0 Å². The van der Waals surface area contributed by atoms with E-state index >= 15 is 0 Å². The Balaban J connectivity index is 1.74. The SMILES string of the molecule is CCOc1ccc(NC2CC(=O)N(c3cccc(OC)c3)C2=O)cc1. The molecule has 2 aromatic rings. The Morgan fingerprint density at radius 3 is 2.56 bits per heavy atom. The molecule has 1 unspecified atom stereocenters. The van der Waals surface area contributed by atoms with Gasteiger partial charge in [0.2, 0.25) is 5.91 Å². The van der Waals surface area contributed by atoms with Gasteiger partial charge < -0.3 is 14.8 Å². The normalized spacial score (nSPS) is 16.9. The Morgan fingerprint density at radius 1 is 1.12 bits per heavy atom. The summed E-state index contributed by atoms with van der Waals surface area (Å²) in [4.78, 5) is 26.2. The summed E-state index contributed by atoms with van der Waals surface area (Å²) in [5.74, 6) is 0.856. The van der Waals surface area contributed by atoms with Gasteiger partial charge in [0.15, 0.2) is 0 Å². The van der Waals surface area contributed by atoms with Gasteiger partial charge >= 0.3 is 0 Å². The summed E-state index contributed by atoms with van der Waals surface area (Å²) in [6, 6.07) is 13.6. The van der Waals surface area contributed by atoms with Crippen LogP contribution in [0.25, 0.3) is 0 Å². The first-order valence-corrected chi connectivity index (χ1v) is 8.12. The molecule has 1 atom stereocenters. The van der Waals surface area contributed by atoms with E-state index in [4.69, 9.17) is 9.47 Å². The number of carbonyl (C=O) groups is 2. The van der Waals surface area contributed by atoms with E-state index in [1.54, 1.807) is 31.4 Å². The van der Waals surface area contributed by atoms with E-state index < -0.39 is 6.04 Å². The predicted octanol–water partition coefficient (Wildman–Crippen LogP) is 2.84. The molecular formula is C19H20N2O4. The molecule has 0 aromatic heterocycles. The zero-order chi connectivity index (χ0) is 17.8. The Kier molecular flexibility index (Phi) is 4.88. The van der Waals surface area contributed by atoms with Gasteiger partial charge in [0.05, 0.1) is 25.8 Å². The maximum Gasteiger partial charge on any atom is 0.256 e. The zero-order valence-corrected chi connectivity index (χ0v) is 14.2. The molecule has 1 fully saturated rings. The van der Waals surface area contributed by atoms with Crippen molar-refractivity contribution in [2.75, 3.05) is 23.9 Å². The third kappa shape index (κ3) is 3.57. The molecule has 6 heteroatoms. The number of carbonyl (C=O) groups excluding carboxylic acids is 2. The van der Waals surface area contributed by atoms with E-state index in [-0.39, 0.29) is 18.2 Å². The van der Waals surface area contributed by atoms with Crippen LogP contribution in [0.4, 0.5) is 11.4 Å². The van der Waals surface area contributed by atoms with Gasteiger partial charge in [-0.05, 0) is 43.3 Å². The average Bonchev–Trinajstić information content (AvgIpc) is 2.90. The molecule has 2 aromatic carbocycles. The monoisotopic (exact) mass is 340 g/mol. The second-order valence-electron chi connectivity index (χ2n) is 5.63. The van der Waals surface area contributed by atoms with Gasteiger partial charge in [0.1, 0.15) is 17.5 Å². The van der Waals surface area contributed by atoms with Gasteiger partial charge in [0.25, 0.3) is 5.91 Å². The molecule has 1 saturated heterocycles. The molecule has 0 saturated carbocycles. The minimum Gasteiger partial charge on any atom is -0.497 e. The molecule has 6 nitrogen and oxygen atoms in total. The molecule has 3 rings (SSSR count). The van der Waals surface area contributed by atoms with E-state index in [2.05, 4.69) is 5.32 Å². The van der Waals surface area contributed by atoms with Crippen molar-refractivity contribution in [2.24, 2.45) is 0 Å². The number of nitrogens with zero attached hydrogens (tertiary/aromatic N) is 1. The van der Waals surface area contributed by atoms with Crippen LogP contribution in [0.3, 0.4) is 0 Å². The third-order valence-electron chi connectivity index (χ3n) is 3.96. The molecule has 0 bridgehead atoms. The minimum absolute atomic E-state index is 0.114. The standard InChI is InChI=1S/C19H20N2O4/c1-3-25-15-9-7-13(8-10-15)20-17-12-18(22)21(19(17)23)14-5-4-6-16(11-14)24-2/h4-11,17,20H,3,12H2,1-2H3. The number of imide groups is 1. The molecule has 1 aliphatic heterocycles. The Labute approximate surface area is 146 Å². The summed E-state index contributed by atoms with van der Waals surface area (Å²) in [6.45, 7) is 2.51. The van der Waals surface area contributed by atoms with Crippen molar-refractivity contribution in [1.82, 2.24) is 0 Å². The molecule has 130 valence electrons. The number of anilines is 2. The van der Waals surface area contributed by atoms with Crippen LogP contribution in [0, 0.1) is 0 Å². The molecule has 2 amide bonds. The summed E-state index contributed by atoms with van der Waals surface area (Å²) >= 11 is 0. The van der Waals surface area contributed by atoms with Crippen molar-refractivity contribution in [3.05, 3.63) is 48.5 Å². The average molecular weight is 340 g/mol. The fourth-order valence-electron chi connectivity index (χ4n) is 2.78. The predicted molar refractivity (Wildman–Crippen MR) is 95.1 cm³/mol. The lowest BCUT2D eigenvalue weighted by atomic mass is 10.2.